The van der Waals surface area contributed by atoms with Gasteiger partial charge in [-0.1, -0.05) is 31.2 Å². The fourth-order valence-electron chi connectivity index (χ4n) is 3.61. The van der Waals surface area contributed by atoms with Crippen molar-refractivity contribution < 1.29 is 9.59 Å². The summed E-state index contributed by atoms with van der Waals surface area (Å²) in [6.45, 7) is 6.11. The third-order valence-electron chi connectivity index (χ3n) is 5.18. The minimum atomic E-state index is -0.306. The van der Waals surface area contributed by atoms with Crippen LogP contribution in [-0.4, -0.2) is 52.0 Å². The first-order valence-electron chi connectivity index (χ1n) is 9.73. The molecule has 1 unspecified atom stereocenters. The number of carbonyl (C=O) groups excluding carboxylic acids is 2. The summed E-state index contributed by atoms with van der Waals surface area (Å²) in [5.74, 6) is 0.113. The molecule has 2 aromatic rings. The highest BCUT2D eigenvalue weighted by molar-refractivity contribution is 5.83. The van der Waals surface area contributed by atoms with Crippen LogP contribution in [-0.2, 0) is 29.2 Å². The number of nitrogens with zero attached hydrogens (tertiary/aromatic N) is 4. The van der Waals surface area contributed by atoms with Gasteiger partial charge in [0.25, 0.3) is 0 Å². The highest BCUT2D eigenvalue weighted by atomic mass is 16.2. The van der Waals surface area contributed by atoms with Crippen LogP contribution >= 0.6 is 0 Å². The summed E-state index contributed by atoms with van der Waals surface area (Å²) in [4.78, 5) is 28.7. The van der Waals surface area contributed by atoms with Crippen molar-refractivity contribution in [2.45, 2.75) is 45.9 Å². The van der Waals surface area contributed by atoms with Crippen LogP contribution in [0.3, 0.4) is 0 Å². The molecule has 0 saturated carbocycles. The summed E-state index contributed by atoms with van der Waals surface area (Å²) in [5.41, 5.74) is 3.99. The average molecular weight is 383 g/mol. The number of amides is 2. The molecule has 1 aromatic carbocycles. The zero-order valence-corrected chi connectivity index (χ0v) is 17.1. The number of nitrogens with one attached hydrogen (secondary N) is 1. The first-order valence-corrected chi connectivity index (χ1v) is 9.73. The second-order valence-electron chi connectivity index (χ2n) is 7.46. The van der Waals surface area contributed by atoms with Crippen molar-refractivity contribution >= 4 is 11.8 Å². The van der Waals surface area contributed by atoms with E-state index in [0.29, 0.717) is 32.6 Å². The number of aryl methyl sites for hydroxylation is 1. The number of carbonyl (C=O) groups is 2. The summed E-state index contributed by atoms with van der Waals surface area (Å²) >= 11 is 0. The maximum absolute atomic E-state index is 13.4. The van der Waals surface area contributed by atoms with E-state index in [4.69, 9.17) is 0 Å². The molecule has 1 N–H and O–H groups in total. The molecule has 0 aliphatic carbocycles. The highest BCUT2D eigenvalue weighted by Crippen LogP contribution is 2.26. The largest absolute Gasteiger partial charge is 0.350 e. The van der Waals surface area contributed by atoms with Crippen molar-refractivity contribution in [2.24, 2.45) is 0 Å². The Labute approximate surface area is 166 Å². The summed E-state index contributed by atoms with van der Waals surface area (Å²) < 4.78 is 1.94. The Balaban J connectivity index is 1.75. The Morgan fingerprint density at radius 3 is 2.68 bits per heavy atom. The Bertz CT molecular complexity index is 858. The van der Waals surface area contributed by atoms with Crippen LogP contribution in [0.1, 0.15) is 41.9 Å². The quantitative estimate of drug-likeness (QED) is 0.827. The minimum Gasteiger partial charge on any atom is -0.350 e. The molecule has 7 heteroatoms. The first-order chi connectivity index (χ1) is 13.4. The number of benzene rings is 1. The summed E-state index contributed by atoms with van der Waals surface area (Å²) in [6, 6.07) is 9.72. The smallest absolute Gasteiger partial charge is 0.244 e. The molecule has 28 heavy (non-hydrogen) atoms. The van der Waals surface area contributed by atoms with E-state index in [1.165, 1.54) is 0 Å². The van der Waals surface area contributed by atoms with E-state index in [2.05, 4.69) is 10.4 Å². The molecule has 0 saturated heterocycles. The van der Waals surface area contributed by atoms with E-state index in [0.717, 1.165) is 22.5 Å². The molecule has 0 radical (unpaired) electrons. The van der Waals surface area contributed by atoms with Crippen LogP contribution in [0, 0.1) is 6.92 Å². The topological polar surface area (TPSA) is 70.5 Å². The van der Waals surface area contributed by atoms with Gasteiger partial charge in [-0.3, -0.25) is 19.2 Å². The van der Waals surface area contributed by atoms with Gasteiger partial charge in [0.1, 0.15) is 6.04 Å². The first kappa shape index (κ1) is 20.1. The summed E-state index contributed by atoms with van der Waals surface area (Å²) in [6.07, 6.45) is 0.459. The monoisotopic (exact) mass is 383 g/mol. The number of rotatable bonds is 6. The number of hydrogen-bond donors (Lipinski definition) is 1. The predicted octanol–water partition coefficient (Wildman–Crippen LogP) is 1.86. The Morgan fingerprint density at radius 2 is 2.00 bits per heavy atom. The van der Waals surface area contributed by atoms with E-state index in [9.17, 15) is 9.59 Å². The molecule has 2 amide bonds. The van der Waals surface area contributed by atoms with Crippen LogP contribution in [0.25, 0.3) is 0 Å². The van der Waals surface area contributed by atoms with Gasteiger partial charge in [-0.05, 0) is 38.2 Å². The van der Waals surface area contributed by atoms with Crippen molar-refractivity contribution in [3.8, 4) is 0 Å². The van der Waals surface area contributed by atoms with Crippen molar-refractivity contribution in [3.05, 3.63) is 52.8 Å². The van der Waals surface area contributed by atoms with Crippen LogP contribution in [0.5, 0.6) is 0 Å². The Morgan fingerprint density at radius 1 is 1.25 bits per heavy atom. The van der Waals surface area contributed by atoms with Crippen LogP contribution in [0.4, 0.5) is 0 Å². The minimum absolute atomic E-state index is 0.00910. The molecule has 0 bridgehead atoms. The third kappa shape index (κ3) is 4.25. The fraction of sp³-hybridized carbons (Fsp3) is 0.476. The Kier molecular flexibility index (Phi) is 6.14. The van der Waals surface area contributed by atoms with E-state index in [1.807, 2.05) is 72.8 Å². The third-order valence-corrected chi connectivity index (χ3v) is 5.18. The van der Waals surface area contributed by atoms with Crippen LogP contribution < -0.4 is 5.32 Å². The fourth-order valence-corrected chi connectivity index (χ4v) is 3.61. The SMILES string of the molecule is CCC(=O)NCc1cc2n(n1)CCN(C(=O)C(c1ccccc1C)N(C)C)C2. The molecule has 1 aliphatic heterocycles. The van der Waals surface area contributed by atoms with Crippen molar-refractivity contribution in [3.63, 3.8) is 0 Å². The van der Waals surface area contributed by atoms with Gasteiger partial charge in [0.15, 0.2) is 0 Å². The van der Waals surface area contributed by atoms with E-state index in [1.54, 1.807) is 0 Å². The predicted molar refractivity (Wildman–Crippen MR) is 107 cm³/mol. The van der Waals surface area contributed by atoms with Gasteiger partial charge >= 0.3 is 0 Å². The van der Waals surface area contributed by atoms with Gasteiger partial charge in [-0.15, -0.1) is 0 Å². The second kappa shape index (κ2) is 8.56. The molecular weight excluding hydrogens is 354 g/mol. The second-order valence-corrected chi connectivity index (χ2v) is 7.46. The number of aromatic nitrogens is 2. The van der Waals surface area contributed by atoms with Crippen molar-refractivity contribution in [1.82, 2.24) is 24.9 Å². The molecule has 2 heterocycles. The molecule has 1 aromatic heterocycles. The summed E-state index contributed by atoms with van der Waals surface area (Å²) in [7, 11) is 3.88. The zero-order chi connectivity index (χ0) is 20.3. The van der Waals surface area contributed by atoms with Gasteiger partial charge in [-0.25, -0.2) is 0 Å². The lowest BCUT2D eigenvalue weighted by molar-refractivity contribution is -0.138. The molecule has 7 nitrogen and oxygen atoms in total. The summed E-state index contributed by atoms with van der Waals surface area (Å²) in [5, 5.41) is 7.41. The number of likely N-dealkylation sites (N-methyl/N-ethyl adjacent to an activating group) is 1. The van der Waals surface area contributed by atoms with Gasteiger partial charge < -0.3 is 10.2 Å². The van der Waals surface area contributed by atoms with E-state index < -0.39 is 0 Å². The lowest BCUT2D eigenvalue weighted by atomic mass is 9.99. The van der Waals surface area contributed by atoms with Crippen molar-refractivity contribution in [2.75, 3.05) is 20.6 Å². The molecule has 0 fully saturated rings. The van der Waals surface area contributed by atoms with Crippen molar-refractivity contribution in [1.29, 1.82) is 0 Å². The van der Waals surface area contributed by atoms with Gasteiger partial charge in [-0.2, -0.15) is 5.10 Å². The molecule has 1 aliphatic rings. The highest BCUT2D eigenvalue weighted by Gasteiger charge is 2.31. The average Bonchev–Trinajstić information content (AvgIpc) is 3.09. The Hall–Kier alpha value is -2.67. The lowest BCUT2D eigenvalue weighted by Crippen LogP contribution is -2.44. The lowest BCUT2D eigenvalue weighted by Gasteiger charge is -2.34. The molecule has 1 atom stereocenters. The van der Waals surface area contributed by atoms with E-state index in [-0.39, 0.29) is 17.9 Å². The maximum atomic E-state index is 13.4. The standard InChI is InChI=1S/C21H29N5O2/c1-5-19(27)22-13-16-12-17-14-25(10-11-26(17)23-16)21(28)20(24(3)4)18-9-7-6-8-15(18)2/h6-9,12,20H,5,10-11,13-14H2,1-4H3,(H,22,27). The van der Waals surface area contributed by atoms with E-state index >= 15 is 0 Å². The van der Waals surface area contributed by atoms with Crippen LogP contribution in [0.2, 0.25) is 0 Å². The maximum Gasteiger partial charge on any atom is 0.244 e. The molecule has 0 spiro atoms. The normalized spacial score (nSPS) is 14.7. The molecular formula is C21H29N5O2. The van der Waals surface area contributed by atoms with Gasteiger partial charge in [0.2, 0.25) is 11.8 Å². The van der Waals surface area contributed by atoms with Gasteiger partial charge in [0.05, 0.1) is 31.0 Å². The molecule has 150 valence electrons. The van der Waals surface area contributed by atoms with Gasteiger partial charge in [0, 0.05) is 13.0 Å². The number of hydrogen-bond acceptors (Lipinski definition) is 4. The van der Waals surface area contributed by atoms with Crippen LogP contribution in [0.15, 0.2) is 30.3 Å². The number of fused-ring (bicyclic) bond motifs is 1. The zero-order valence-electron chi connectivity index (χ0n) is 17.1. The molecule has 3 rings (SSSR count).